The number of primary amides is 1. The Balaban J connectivity index is 2.23. The van der Waals surface area contributed by atoms with E-state index < -0.39 is 5.60 Å². The molecule has 1 aliphatic carbocycles. The van der Waals surface area contributed by atoms with Crippen molar-refractivity contribution in [1.29, 1.82) is 0 Å². The van der Waals surface area contributed by atoms with Gasteiger partial charge < -0.3 is 10.5 Å². The van der Waals surface area contributed by atoms with Crippen molar-refractivity contribution in [2.45, 2.75) is 18.4 Å². The first kappa shape index (κ1) is 6.16. The molecule has 1 saturated carbocycles. The first-order chi connectivity index (χ1) is 4.73. The van der Waals surface area contributed by atoms with Crippen molar-refractivity contribution >= 4 is 5.91 Å². The third-order valence-corrected chi connectivity index (χ3v) is 2.37. The highest BCUT2D eigenvalue weighted by atomic mass is 16.5. The smallest absolute Gasteiger partial charge is 0.249 e. The molecule has 0 aromatic rings. The molecule has 55 valence electrons. The summed E-state index contributed by atoms with van der Waals surface area (Å²) < 4.78 is 5.27. The quantitative estimate of drug-likeness (QED) is 0.551. The van der Waals surface area contributed by atoms with Crippen LogP contribution in [0.2, 0.25) is 0 Å². The summed E-state index contributed by atoms with van der Waals surface area (Å²) in [5, 5.41) is 0. The van der Waals surface area contributed by atoms with Crippen molar-refractivity contribution in [1.82, 2.24) is 0 Å². The number of hydrogen-bond donors (Lipinski definition) is 1. The number of carbonyl (C=O) groups excluding carboxylic acids is 1. The summed E-state index contributed by atoms with van der Waals surface area (Å²) in [7, 11) is 0. The van der Waals surface area contributed by atoms with E-state index in [1.807, 2.05) is 6.42 Å². The molecule has 2 unspecified atom stereocenters. The topological polar surface area (TPSA) is 52.3 Å². The van der Waals surface area contributed by atoms with Crippen molar-refractivity contribution in [3.63, 3.8) is 0 Å². The van der Waals surface area contributed by atoms with Gasteiger partial charge in [-0.25, -0.2) is 0 Å². The largest absolute Gasteiger partial charge is 0.367 e. The van der Waals surface area contributed by atoms with Crippen molar-refractivity contribution in [2.24, 2.45) is 11.7 Å². The average molecular weight is 140 g/mol. The van der Waals surface area contributed by atoms with Crippen LogP contribution in [0.15, 0.2) is 0 Å². The standard InChI is InChI=1S/C7H10NO2/c8-6(9)7-2-1-5(3-7)4-10-7/h2,5H,1,3-4H2,(H2,8,9). The van der Waals surface area contributed by atoms with Gasteiger partial charge in [0.1, 0.15) is 5.60 Å². The molecule has 1 heterocycles. The van der Waals surface area contributed by atoms with Crippen LogP contribution in [-0.2, 0) is 9.53 Å². The van der Waals surface area contributed by atoms with Crippen LogP contribution in [0.4, 0.5) is 0 Å². The van der Waals surface area contributed by atoms with Gasteiger partial charge in [-0.2, -0.15) is 0 Å². The molecule has 3 heteroatoms. The SMILES string of the molecule is NC(=O)C12[CH]CC(CO1)C2. The predicted molar refractivity (Wildman–Crippen MR) is 34.9 cm³/mol. The molecule has 2 bridgehead atoms. The van der Waals surface area contributed by atoms with Crippen LogP contribution in [0, 0.1) is 12.3 Å². The van der Waals surface area contributed by atoms with Gasteiger partial charge in [-0.15, -0.1) is 0 Å². The van der Waals surface area contributed by atoms with Crippen LogP contribution >= 0.6 is 0 Å². The molecule has 2 aliphatic rings. The molecule has 0 aromatic carbocycles. The van der Waals surface area contributed by atoms with Crippen LogP contribution in [0.3, 0.4) is 0 Å². The molecule has 2 rings (SSSR count). The monoisotopic (exact) mass is 140 g/mol. The van der Waals surface area contributed by atoms with Crippen molar-refractivity contribution in [2.75, 3.05) is 6.61 Å². The Hall–Kier alpha value is -0.570. The fourth-order valence-corrected chi connectivity index (χ4v) is 1.74. The number of amides is 1. The molecule has 0 spiro atoms. The van der Waals surface area contributed by atoms with E-state index in [1.165, 1.54) is 0 Å². The minimum Gasteiger partial charge on any atom is -0.367 e. The second-order valence-electron chi connectivity index (χ2n) is 3.07. The van der Waals surface area contributed by atoms with Crippen molar-refractivity contribution < 1.29 is 9.53 Å². The molecule has 1 radical (unpaired) electrons. The van der Waals surface area contributed by atoms with Gasteiger partial charge in [0, 0.05) is 6.42 Å². The lowest BCUT2D eigenvalue weighted by Gasteiger charge is -2.21. The van der Waals surface area contributed by atoms with E-state index in [0.717, 1.165) is 12.8 Å². The van der Waals surface area contributed by atoms with Crippen LogP contribution in [-0.4, -0.2) is 18.1 Å². The summed E-state index contributed by atoms with van der Waals surface area (Å²) in [6.45, 7) is 0.708. The molecular weight excluding hydrogens is 130 g/mol. The number of ether oxygens (including phenoxy) is 1. The highest BCUT2D eigenvalue weighted by Crippen LogP contribution is 2.42. The normalized spacial score (nSPS) is 44.2. The van der Waals surface area contributed by atoms with Crippen LogP contribution < -0.4 is 5.73 Å². The lowest BCUT2D eigenvalue weighted by molar-refractivity contribution is -0.134. The molecule has 1 amide bonds. The zero-order valence-electron chi connectivity index (χ0n) is 5.67. The van der Waals surface area contributed by atoms with Crippen LogP contribution in [0.5, 0.6) is 0 Å². The first-order valence-corrected chi connectivity index (χ1v) is 3.51. The fraction of sp³-hybridized carbons (Fsp3) is 0.714. The Labute approximate surface area is 59.5 Å². The molecule has 2 atom stereocenters. The summed E-state index contributed by atoms with van der Waals surface area (Å²) in [5.74, 6) is 0.222. The van der Waals surface area contributed by atoms with Gasteiger partial charge >= 0.3 is 0 Å². The molecular formula is C7H10NO2. The predicted octanol–water partition coefficient (Wildman–Crippen LogP) is -0.145. The molecule has 3 nitrogen and oxygen atoms in total. The number of rotatable bonds is 1. The third kappa shape index (κ3) is 0.611. The molecule has 1 saturated heterocycles. The van der Waals surface area contributed by atoms with E-state index in [9.17, 15) is 4.79 Å². The number of carbonyl (C=O) groups is 1. The van der Waals surface area contributed by atoms with E-state index in [2.05, 4.69) is 0 Å². The summed E-state index contributed by atoms with van der Waals surface area (Å²) in [5.41, 5.74) is 4.50. The zero-order valence-corrected chi connectivity index (χ0v) is 5.67. The third-order valence-electron chi connectivity index (χ3n) is 2.37. The summed E-state index contributed by atoms with van der Waals surface area (Å²) in [6.07, 6.45) is 3.70. The summed E-state index contributed by atoms with van der Waals surface area (Å²) in [4.78, 5) is 10.8. The number of nitrogens with two attached hydrogens (primary N) is 1. The second kappa shape index (κ2) is 1.72. The average Bonchev–Trinajstić information content (AvgIpc) is 2.45. The van der Waals surface area contributed by atoms with Gasteiger partial charge in [-0.05, 0) is 18.8 Å². The Bertz CT molecular complexity index is 170. The van der Waals surface area contributed by atoms with Gasteiger partial charge in [0.25, 0.3) is 0 Å². The van der Waals surface area contributed by atoms with Gasteiger partial charge in [-0.1, -0.05) is 0 Å². The van der Waals surface area contributed by atoms with E-state index in [1.54, 1.807) is 0 Å². The lowest BCUT2D eigenvalue weighted by Crippen LogP contribution is -2.42. The minimum absolute atomic E-state index is 0.326. The Kier molecular flexibility index (Phi) is 1.06. The Morgan fingerprint density at radius 1 is 1.80 bits per heavy atom. The molecule has 1 aliphatic heterocycles. The zero-order chi connectivity index (χ0) is 7.19. The van der Waals surface area contributed by atoms with E-state index in [-0.39, 0.29) is 5.91 Å². The number of hydrogen-bond acceptors (Lipinski definition) is 2. The minimum atomic E-state index is -0.676. The summed E-state index contributed by atoms with van der Waals surface area (Å²) in [6, 6.07) is 0. The van der Waals surface area contributed by atoms with Gasteiger partial charge in [0.2, 0.25) is 5.91 Å². The maximum Gasteiger partial charge on any atom is 0.249 e. The molecule has 2 N–H and O–H groups in total. The van der Waals surface area contributed by atoms with Gasteiger partial charge in [0.05, 0.1) is 6.61 Å². The highest BCUT2D eigenvalue weighted by molar-refractivity contribution is 5.86. The van der Waals surface area contributed by atoms with Crippen LogP contribution in [0.25, 0.3) is 0 Å². The summed E-state index contributed by atoms with van der Waals surface area (Å²) >= 11 is 0. The highest BCUT2D eigenvalue weighted by Gasteiger charge is 2.50. The van der Waals surface area contributed by atoms with Crippen LogP contribution in [0.1, 0.15) is 12.8 Å². The molecule has 0 aromatic heterocycles. The first-order valence-electron chi connectivity index (χ1n) is 3.51. The fourth-order valence-electron chi connectivity index (χ4n) is 1.74. The maximum atomic E-state index is 10.8. The maximum absolute atomic E-state index is 10.8. The van der Waals surface area contributed by atoms with Crippen molar-refractivity contribution in [3.8, 4) is 0 Å². The van der Waals surface area contributed by atoms with E-state index in [0.29, 0.717) is 12.5 Å². The Morgan fingerprint density at radius 3 is 2.80 bits per heavy atom. The number of fused-ring (bicyclic) bond motifs is 2. The van der Waals surface area contributed by atoms with Gasteiger partial charge in [0.15, 0.2) is 0 Å². The second-order valence-corrected chi connectivity index (χ2v) is 3.07. The van der Waals surface area contributed by atoms with Gasteiger partial charge in [-0.3, -0.25) is 4.79 Å². The van der Waals surface area contributed by atoms with E-state index in [4.69, 9.17) is 10.5 Å². The molecule has 2 fully saturated rings. The lowest BCUT2D eigenvalue weighted by atomic mass is 10.0. The van der Waals surface area contributed by atoms with Crippen molar-refractivity contribution in [3.05, 3.63) is 6.42 Å². The Morgan fingerprint density at radius 2 is 2.60 bits per heavy atom. The molecule has 10 heavy (non-hydrogen) atoms. The van der Waals surface area contributed by atoms with E-state index >= 15 is 0 Å².